The smallest absolute Gasteiger partial charge is 0.122 e. The zero-order chi connectivity index (χ0) is 13.9. The predicted octanol–water partition coefficient (Wildman–Crippen LogP) is 2.55. The lowest BCUT2D eigenvalue weighted by molar-refractivity contribution is 0.219. The maximum atomic E-state index is 10.5. The largest absolute Gasteiger partial charge is 0.493 e. The molecule has 0 fully saturated rings. The minimum Gasteiger partial charge on any atom is -0.493 e. The van der Waals surface area contributed by atoms with Gasteiger partial charge in [-0.1, -0.05) is 30.3 Å². The van der Waals surface area contributed by atoms with E-state index in [1.54, 1.807) is 0 Å². The Hall–Kier alpha value is -1.84. The molecule has 0 amide bonds. The zero-order valence-electron chi connectivity index (χ0n) is 11.4. The van der Waals surface area contributed by atoms with E-state index in [0.29, 0.717) is 6.54 Å². The van der Waals surface area contributed by atoms with E-state index >= 15 is 0 Å². The number of hydrogen-bond acceptors (Lipinski definition) is 3. The van der Waals surface area contributed by atoms with Crippen LogP contribution < -0.4 is 10.5 Å². The van der Waals surface area contributed by atoms with Gasteiger partial charge in [-0.25, -0.2) is 0 Å². The number of nitrogens with two attached hydrogens (primary N) is 1. The zero-order valence-corrected chi connectivity index (χ0v) is 11.4. The fourth-order valence-electron chi connectivity index (χ4n) is 2.63. The van der Waals surface area contributed by atoms with Crippen molar-refractivity contribution in [3.63, 3.8) is 0 Å². The van der Waals surface area contributed by atoms with Crippen molar-refractivity contribution in [2.24, 2.45) is 5.73 Å². The van der Waals surface area contributed by atoms with Crippen molar-refractivity contribution in [1.82, 2.24) is 0 Å². The van der Waals surface area contributed by atoms with E-state index in [9.17, 15) is 5.11 Å². The van der Waals surface area contributed by atoms with Crippen LogP contribution in [0.5, 0.6) is 5.75 Å². The van der Waals surface area contributed by atoms with Gasteiger partial charge in [-0.2, -0.15) is 0 Å². The summed E-state index contributed by atoms with van der Waals surface area (Å²) < 4.78 is 5.60. The summed E-state index contributed by atoms with van der Waals surface area (Å²) >= 11 is 0. The number of rotatable bonds is 3. The van der Waals surface area contributed by atoms with E-state index in [1.807, 2.05) is 42.5 Å². The minimum atomic E-state index is -0.617. The van der Waals surface area contributed by atoms with Crippen molar-refractivity contribution in [2.75, 3.05) is 6.61 Å². The molecule has 0 spiro atoms. The molecule has 1 atom stereocenters. The van der Waals surface area contributed by atoms with Gasteiger partial charge >= 0.3 is 0 Å². The standard InChI is InChI=1S/C17H19NO2/c18-11-12-3-1-4-14(9-12)17(19)15-6-7-16-13(10-15)5-2-8-20-16/h1,3-4,6-7,9-10,17,19H,2,5,8,11,18H2. The molecular formula is C17H19NO2. The van der Waals surface area contributed by atoms with Crippen LogP contribution in [-0.4, -0.2) is 11.7 Å². The molecule has 0 bridgehead atoms. The lowest BCUT2D eigenvalue weighted by Gasteiger charge is -2.20. The molecule has 1 aliphatic rings. The van der Waals surface area contributed by atoms with Crippen LogP contribution in [0, 0.1) is 0 Å². The highest BCUT2D eigenvalue weighted by molar-refractivity contribution is 5.42. The third-order valence-electron chi connectivity index (χ3n) is 3.75. The molecule has 3 nitrogen and oxygen atoms in total. The Morgan fingerprint density at radius 3 is 2.85 bits per heavy atom. The number of aryl methyl sites for hydroxylation is 1. The first-order valence-corrected chi connectivity index (χ1v) is 7.00. The molecule has 2 aromatic carbocycles. The number of aliphatic hydroxyl groups excluding tert-OH is 1. The van der Waals surface area contributed by atoms with Crippen LogP contribution in [0.25, 0.3) is 0 Å². The van der Waals surface area contributed by atoms with Crippen molar-refractivity contribution in [1.29, 1.82) is 0 Å². The van der Waals surface area contributed by atoms with Gasteiger partial charge in [0.1, 0.15) is 11.9 Å². The van der Waals surface area contributed by atoms with E-state index in [0.717, 1.165) is 41.9 Å². The Labute approximate surface area is 119 Å². The monoisotopic (exact) mass is 269 g/mol. The van der Waals surface area contributed by atoms with Gasteiger partial charge in [0.05, 0.1) is 6.61 Å². The summed E-state index contributed by atoms with van der Waals surface area (Å²) in [5.41, 5.74) is 9.65. The molecule has 1 heterocycles. The first kappa shape index (κ1) is 13.2. The van der Waals surface area contributed by atoms with Gasteiger partial charge in [0, 0.05) is 6.54 Å². The van der Waals surface area contributed by atoms with E-state index in [2.05, 4.69) is 0 Å². The molecule has 3 N–H and O–H groups in total. The van der Waals surface area contributed by atoms with Crippen LogP contribution in [0.3, 0.4) is 0 Å². The van der Waals surface area contributed by atoms with Crippen molar-refractivity contribution >= 4 is 0 Å². The van der Waals surface area contributed by atoms with Gasteiger partial charge in [0.25, 0.3) is 0 Å². The van der Waals surface area contributed by atoms with Gasteiger partial charge in [-0.15, -0.1) is 0 Å². The third-order valence-corrected chi connectivity index (χ3v) is 3.75. The molecule has 1 unspecified atom stereocenters. The minimum absolute atomic E-state index is 0.485. The van der Waals surface area contributed by atoms with Crippen LogP contribution in [0.2, 0.25) is 0 Å². The number of aliphatic hydroxyl groups is 1. The Kier molecular flexibility index (Phi) is 3.72. The van der Waals surface area contributed by atoms with E-state index in [1.165, 1.54) is 5.56 Å². The lowest BCUT2D eigenvalue weighted by Crippen LogP contribution is -2.10. The van der Waals surface area contributed by atoms with E-state index < -0.39 is 6.10 Å². The molecule has 2 aromatic rings. The molecule has 104 valence electrons. The average molecular weight is 269 g/mol. The van der Waals surface area contributed by atoms with Crippen molar-refractivity contribution in [3.05, 3.63) is 64.7 Å². The second-order valence-corrected chi connectivity index (χ2v) is 5.17. The Bertz CT molecular complexity index is 610. The second-order valence-electron chi connectivity index (χ2n) is 5.17. The summed E-state index contributed by atoms with van der Waals surface area (Å²) in [4.78, 5) is 0. The first-order valence-electron chi connectivity index (χ1n) is 7.00. The highest BCUT2D eigenvalue weighted by Gasteiger charge is 2.15. The summed E-state index contributed by atoms with van der Waals surface area (Å²) in [7, 11) is 0. The van der Waals surface area contributed by atoms with Gasteiger partial charge in [0.15, 0.2) is 0 Å². The molecular weight excluding hydrogens is 250 g/mol. The van der Waals surface area contributed by atoms with Gasteiger partial charge < -0.3 is 15.6 Å². The quantitative estimate of drug-likeness (QED) is 0.900. The topological polar surface area (TPSA) is 55.5 Å². The average Bonchev–Trinajstić information content (AvgIpc) is 2.53. The maximum absolute atomic E-state index is 10.5. The van der Waals surface area contributed by atoms with Crippen LogP contribution >= 0.6 is 0 Å². The predicted molar refractivity (Wildman–Crippen MR) is 78.7 cm³/mol. The van der Waals surface area contributed by atoms with Crippen molar-refractivity contribution in [2.45, 2.75) is 25.5 Å². The molecule has 3 heteroatoms. The Morgan fingerprint density at radius 1 is 1.15 bits per heavy atom. The molecule has 0 radical (unpaired) electrons. The summed E-state index contributed by atoms with van der Waals surface area (Å²) in [6.45, 7) is 1.27. The van der Waals surface area contributed by atoms with Crippen molar-refractivity contribution in [3.8, 4) is 5.75 Å². The normalized spacial score (nSPS) is 15.3. The van der Waals surface area contributed by atoms with Crippen molar-refractivity contribution < 1.29 is 9.84 Å². The SMILES string of the molecule is NCc1cccc(C(O)c2ccc3c(c2)CCCO3)c1. The Balaban J connectivity index is 1.91. The van der Waals surface area contributed by atoms with E-state index in [-0.39, 0.29) is 0 Å². The first-order chi connectivity index (χ1) is 9.78. The van der Waals surface area contributed by atoms with Gasteiger partial charge in [-0.3, -0.25) is 0 Å². The highest BCUT2D eigenvalue weighted by Crippen LogP contribution is 2.30. The maximum Gasteiger partial charge on any atom is 0.122 e. The van der Waals surface area contributed by atoms with Crippen LogP contribution in [0.15, 0.2) is 42.5 Å². The third kappa shape index (κ3) is 2.55. The molecule has 0 aliphatic carbocycles. The fraction of sp³-hybridized carbons (Fsp3) is 0.294. The van der Waals surface area contributed by atoms with Gasteiger partial charge in [0.2, 0.25) is 0 Å². The summed E-state index contributed by atoms with van der Waals surface area (Å²) in [6.07, 6.45) is 1.43. The molecule has 0 saturated heterocycles. The van der Waals surface area contributed by atoms with Gasteiger partial charge in [-0.05, 0) is 47.2 Å². The number of ether oxygens (including phenoxy) is 1. The molecule has 1 aliphatic heterocycles. The molecule has 3 rings (SSSR count). The summed E-state index contributed by atoms with van der Waals surface area (Å²) in [6, 6.07) is 13.7. The van der Waals surface area contributed by atoms with E-state index in [4.69, 9.17) is 10.5 Å². The van der Waals surface area contributed by atoms with Crippen LogP contribution in [0.4, 0.5) is 0 Å². The fourth-order valence-corrected chi connectivity index (χ4v) is 2.63. The molecule has 0 aromatic heterocycles. The molecule has 0 saturated carbocycles. The number of hydrogen-bond donors (Lipinski definition) is 2. The second kappa shape index (κ2) is 5.65. The summed E-state index contributed by atoms with van der Waals surface area (Å²) in [5.74, 6) is 0.947. The number of fused-ring (bicyclic) bond motifs is 1. The summed E-state index contributed by atoms with van der Waals surface area (Å²) in [5, 5.41) is 10.5. The number of benzene rings is 2. The van der Waals surface area contributed by atoms with Crippen LogP contribution in [0.1, 0.15) is 34.8 Å². The lowest BCUT2D eigenvalue weighted by atomic mass is 9.96. The molecule has 20 heavy (non-hydrogen) atoms. The van der Waals surface area contributed by atoms with Crippen LogP contribution in [-0.2, 0) is 13.0 Å². The Morgan fingerprint density at radius 2 is 2.00 bits per heavy atom. The highest BCUT2D eigenvalue weighted by atomic mass is 16.5.